The normalized spacial score (nSPS) is 12.9. The SMILES string of the molecule is CC(N)c1cccc(C(=O)N(C)[C@H](Cc2ccc3ccccc3c2)C(=O)N(C)[C@H](Cc2ccccc2)C(=O)N(C)CC(=O)N(C)C)c1. The summed E-state index contributed by atoms with van der Waals surface area (Å²) in [5.41, 5.74) is 9.07. The van der Waals surface area contributed by atoms with E-state index >= 15 is 0 Å². The van der Waals surface area contributed by atoms with Crippen LogP contribution in [0.5, 0.6) is 0 Å². The monoisotopic (exact) mass is 635 g/mol. The van der Waals surface area contributed by atoms with Gasteiger partial charge in [-0.15, -0.1) is 0 Å². The third-order valence-electron chi connectivity index (χ3n) is 8.59. The molecule has 9 heteroatoms. The molecule has 4 rings (SSSR count). The van der Waals surface area contributed by atoms with E-state index in [4.69, 9.17) is 5.73 Å². The van der Waals surface area contributed by atoms with E-state index in [0.717, 1.165) is 27.5 Å². The van der Waals surface area contributed by atoms with Crippen molar-refractivity contribution in [3.05, 3.63) is 119 Å². The van der Waals surface area contributed by atoms with Gasteiger partial charge in [0, 0.05) is 59.7 Å². The Bertz CT molecular complexity index is 1720. The molecule has 4 amide bonds. The summed E-state index contributed by atoms with van der Waals surface area (Å²) >= 11 is 0. The average molecular weight is 636 g/mol. The van der Waals surface area contributed by atoms with Crippen LogP contribution in [0.1, 0.15) is 40.0 Å². The average Bonchev–Trinajstić information content (AvgIpc) is 3.08. The van der Waals surface area contributed by atoms with Gasteiger partial charge in [-0.1, -0.05) is 84.9 Å². The van der Waals surface area contributed by atoms with Crippen LogP contribution >= 0.6 is 0 Å². The predicted octanol–water partition coefficient (Wildman–Crippen LogP) is 4.16. The first-order valence-corrected chi connectivity index (χ1v) is 15.7. The number of rotatable bonds is 12. The van der Waals surface area contributed by atoms with Crippen molar-refractivity contribution in [2.24, 2.45) is 5.73 Å². The minimum Gasteiger partial charge on any atom is -0.347 e. The van der Waals surface area contributed by atoms with E-state index in [1.165, 1.54) is 19.6 Å². The molecule has 0 radical (unpaired) electrons. The van der Waals surface area contributed by atoms with Crippen molar-refractivity contribution in [2.75, 3.05) is 41.8 Å². The highest BCUT2D eigenvalue weighted by Crippen LogP contribution is 2.22. The van der Waals surface area contributed by atoms with Gasteiger partial charge in [-0.2, -0.15) is 0 Å². The minimum absolute atomic E-state index is 0.131. The number of carbonyl (C=O) groups is 4. The second-order valence-corrected chi connectivity index (χ2v) is 12.4. The summed E-state index contributed by atoms with van der Waals surface area (Å²) in [5, 5.41) is 2.09. The number of hydrogen-bond acceptors (Lipinski definition) is 5. The van der Waals surface area contributed by atoms with Gasteiger partial charge in [0.05, 0.1) is 6.54 Å². The first-order valence-electron chi connectivity index (χ1n) is 15.7. The Hall–Kier alpha value is -5.02. The van der Waals surface area contributed by atoms with Crippen molar-refractivity contribution in [1.82, 2.24) is 19.6 Å². The molecule has 0 aromatic heterocycles. The van der Waals surface area contributed by atoms with E-state index in [1.807, 2.05) is 85.8 Å². The number of likely N-dealkylation sites (N-methyl/N-ethyl adjacent to an activating group) is 4. The molecule has 0 spiro atoms. The molecule has 0 bridgehead atoms. The maximum Gasteiger partial charge on any atom is 0.254 e. The molecular weight excluding hydrogens is 590 g/mol. The van der Waals surface area contributed by atoms with Gasteiger partial charge in [0.15, 0.2) is 0 Å². The molecule has 246 valence electrons. The summed E-state index contributed by atoms with van der Waals surface area (Å²) in [6.07, 6.45) is 0.462. The van der Waals surface area contributed by atoms with Crippen LogP contribution in [0.25, 0.3) is 10.8 Å². The zero-order chi connectivity index (χ0) is 34.2. The molecule has 2 N–H and O–H groups in total. The number of amides is 4. The Morgan fingerprint density at radius 3 is 1.91 bits per heavy atom. The summed E-state index contributed by atoms with van der Waals surface area (Å²) < 4.78 is 0. The van der Waals surface area contributed by atoms with Crippen LogP contribution in [-0.4, -0.2) is 97.1 Å². The maximum absolute atomic E-state index is 14.6. The maximum atomic E-state index is 14.6. The number of carbonyl (C=O) groups excluding carboxylic acids is 4. The van der Waals surface area contributed by atoms with Gasteiger partial charge >= 0.3 is 0 Å². The van der Waals surface area contributed by atoms with Crippen LogP contribution in [-0.2, 0) is 27.2 Å². The minimum atomic E-state index is -0.938. The molecule has 0 aliphatic rings. The number of benzene rings is 4. The fourth-order valence-electron chi connectivity index (χ4n) is 5.57. The van der Waals surface area contributed by atoms with Crippen molar-refractivity contribution in [3.8, 4) is 0 Å². The van der Waals surface area contributed by atoms with Gasteiger partial charge < -0.3 is 25.3 Å². The quantitative estimate of drug-likeness (QED) is 0.252. The molecule has 3 atom stereocenters. The molecule has 0 aliphatic heterocycles. The number of hydrogen-bond donors (Lipinski definition) is 1. The Labute approximate surface area is 277 Å². The lowest BCUT2D eigenvalue weighted by Gasteiger charge is -2.36. The number of fused-ring (bicyclic) bond motifs is 1. The highest BCUT2D eigenvalue weighted by Gasteiger charge is 2.37. The molecule has 4 aromatic carbocycles. The summed E-state index contributed by atoms with van der Waals surface area (Å²) in [6, 6.07) is 28.4. The standard InChI is InChI=1S/C38H45N5O4/c1-26(39)30-17-12-18-32(24-30)36(45)42(5)34(23-28-19-20-29-15-10-11-16-31(29)21-28)38(47)43(6)33(22-27-13-8-7-9-14-27)37(46)41(4)25-35(44)40(2)3/h7-21,24,26,33-34H,22-23,25,39H2,1-6H3/t26?,33-,34-/m1/s1. The lowest BCUT2D eigenvalue weighted by Crippen LogP contribution is -2.56. The van der Waals surface area contributed by atoms with Gasteiger partial charge in [-0.05, 0) is 46.5 Å². The molecule has 0 aliphatic carbocycles. The number of nitrogens with two attached hydrogens (primary N) is 1. The van der Waals surface area contributed by atoms with Crippen LogP contribution in [0.2, 0.25) is 0 Å². The Morgan fingerprint density at radius 1 is 0.638 bits per heavy atom. The summed E-state index contributed by atoms with van der Waals surface area (Å²) in [4.78, 5) is 60.7. The van der Waals surface area contributed by atoms with E-state index in [1.54, 1.807) is 53.4 Å². The molecule has 1 unspecified atom stereocenters. The van der Waals surface area contributed by atoms with Crippen LogP contribution in [0.3, 0.4) is 0 Å². The Morgan fingerprint density at radius 2 is 1.26 bits per heavy atom. The van der Waals surface area contributed by atoms with Crippen LogP contribution in [0.4, 0.5) is 0 Å². The molecule has 0 saturated heterocycles. The van der Waals surface area contributed by atoms with E-state index in [9.17, 15) is 19.2 Å². The summed E-state index contributed by atoms with van der Waals surface area (Å²) in [7, 11) is 8.04. The lowest BCUT2D eigenvalue weighted by molar-refractivity contribution is -0.147. The fourth-order valence-corrected chi connectivity index (χ4v) is 5.57. The van der Waals surface area contributed by atoms with Crippen molar-refractivity contribution >= 4 is 34.4 Å². The molecule has 47 heavy (non-hydrogen) atoms. The molecule has 0 fully saturated rings. The molecular formula is C38H45N5O4. The van der Waals surface area contributed by atoms with Crippen LogP contribution in [0.15, 0.2) is 97.1 Å². The molecule has 9 nitrogen and oxygen atoms in total. The molecule has 4 aromatic rings. The summed E-state index contributed by atoms with van der Waals surface area (Å²) in [6.45, 7) is 1.72. The van der Waals surface area contributed by atoms with E-state index in [-0.39, 0.29) is 49.1 Å². The highest BCUT2D eigenvalue weighted by atomic mass is 16.2. The Kier molecular flexibility index (Phi) is 11.5. The van der Waals surface area contributed by atoms with Crippen molar-refractivity contribution < 1.29 is 19.2 Å². The predicted molar refractivity (Wildman–Crippen MR) is 186 cm³/mol. The number of nitrogens with zero attached hydrogens (tertiary/aromatic N) is 4. The van der Waals surface area contributed by atoms with Gasteiger partial charge in [0.25, 0.3) is 5.91 Å². The molecule has 0 saturated carbocycles. The first kappa shape index (κ1) is 34.8. The second-order valence-electron chi connectivity index (χ2n) is 12.4. The van der Waals surface area contributed by atoms with Gasteiger partial charge in [-0.3, -0.25) is 19.2 Å². The molecule has 0 heterocycles. The Balaban J connectivity index is 1.72. The third-order valence-corrected chi connectivity index (χ3v) is 8.59. The van der Waals surface area contributed by atoms with Crippen LogP contribution in [0, 0.1) is 0 Å². The largest absolute Gasteiger partial charge is 0.347 e. The van der Waals surface area contributed by atoms with E-state index < -0.39 is 12.1 Å². The van der Waals surface area contributed by atoms with Crippen molar-refractivity contribution in [2.45, 2.75) is 37.9 Å². The topological polar surface area (TPSA) is 107 Å². The fraction of sp³-hybridized carbons (Fsp3) is 0.316. The highest BCUT2D eigenvalue weighted by molar-refractivity contribution is 5.99. The first-order chi connectivity index (χ1) is 22.4. The van der Waals surface area contributed by atoms with Crippen LogP contribution < -0.4 is 5.73 Å². The van der Waals surface area contributed by atoms with Gasteiger partial charge in [0.1, 0.15) is 12.1 Å². The second kappa shape index (κ2) is 15.5. The zero-order valence-corrected chi connectivity index (χ0v) is 28.1. The third kappa shape index (κ3) is 8.62. The van der Waals surface area contributed by atoms with E-state index in [0.29, 0.717) is 5.56 Å². The van der Waals surface area contributed by atoms with Gasteiger partial charge in [-0.25, -0.2) is 0 Å². The summed E-state index contributed by atoms with van der Waals surface area (Å²) in [5.74, 6) is -1.33. The smallest absolute Gasteiger partial charge is 0.254 e. The van der Waals surface area contributed by atoms with Crippen molar-refractivity contribution in [3.63, 3.8) is 0 Å². The van der Waals surface area contributed by atoms with Crippen molar-refractivity contribution in [1.29, 1.82) is 0 Å². The zero-order valence-electron chi connectivity index (χ0n) is 28.1. The van der Waals surface area contributed by atoms with Gasteiger partial charge in [0.2, 0.25) is 17.7 Å². The lowest BCUT2D eigenvalue weighted by atomic mass is 9.97. The van der Waals surface area contributed by atoms with E-state index in [2.05, 4.69) is 0 Å².